The predicted octanol–water partition coefficient (Wildman–Crippen LogP) is 1.08. The maximum Gasteiger partial charge on any atom is 0.214 e. The molecule has 8 nitrogen and oxygen atoms in total. The number of nitrogens with zero attached hydrogens (tertiary/aromatic N) is 4. The Balaban J connectivity index is 1.55. The molecule has 2 N–H and O–H groups in total. The van der Waals surface area contributed by atoms with Crippen LogP contribution in [0.2, 0.25) is 0 Å². The molecule has 1 aliphatic rings. The molecule has 24 heavy (non-hydrogen) atoms. The minimum atomic E-state index is -3.13. The molecule has 9 heteroatoms. The summed E-state index contributed by atoms with van der Waals surface area (Å²) in [5, 5.41) is 15.6. The molecule has 0 saturated heterocycles. The second-order valence-electron chi connectivity index (χ2n) is 6.05. The average molecular weight is 350 g/mol. The van der Waals surface area contributed by atoms with Gasteiger partial charge in [-0.2, -0.15) is 5.10 Å². The number of sulfonamides is 1. The van der Waals surface area contributed by atoms with E-state index in [1.807, 2.05) is 32.9 Å². The minimum absolute atomic E-state index is 0.194. The molecule has 1 aliphatic carbocycles. The second-order valence-corrected chi connectivity index (χ2v) is 8.10. The highest BCUT2D eigenvalue weighted by Gasteiger charge is 2.35. The van der Waals surface area contributed by atoms with E-state index in [-0.39, 0.29) is 5.25 Å². The van der Waals surface area contributed by atoms with Crippen molar-refractivity contribution >= 4 is 15.8 Å². The van der Waals surface area contributed by atoms with Gasteiger partial charge in [-0.1, -0.05) is 0 Å². The Morgan fingerprint density at radius 1 is 1.17 bits per heavy atom. The maximum absolute atomic E-state index is 11.7. The van der Waals surface area contributed by atoms with Gasteiger partial charge >= 0.3 is 0 Å². The van der Waals surface area contributed by atoms with Crippen molar-refractivity contribution in [3.63, 3.8) is 0 Å². The van der Waals surface area contributed by atoms with Crippen LogP contribution in [0.15, 0.2) is 12.1 Å². The Labute approximate surface area is 141 Å². The molecule has 0 bridgehead atoms. The van der Waals surface area contributed by atoms with E-state index in [2.05, 4.69) is 25.3 Å². The number of nitrogens with one attached hydrogen (secondary N) is 2. The molecule has 2 aromatic rings. The fourth-order valence-corrected chi connectivity index (χ4v) is 3.74. The van der Waals surface area contributed by atoms with E-state index in [0.717, 1.165) is 29.8 Å². The molecule has 0 amide bonds. The van der Waals surface area contributed by atoms with Crippen LogP contribution in [0.5, 0.6) is 0 Å². The van der Waals surface area contributed by atoms with E-state index >= 15 is 0 Å². The second kappa shape index (κ2) is 6.48. The molecule has 0 atom stereocenters. The van der Waals surface area contributed by atoms with Gasteiger partial charge in [-0.25, -0.2) is 17.8 Å². The Morgan fingerprint density at radius 3 is 2.46 bits per heavy atom. The van der Waals surface area contributed by atoms with Crippen molar-refractivity contribution in [3.8, 4) is 5.82 Å². The van der Waals surface area contributed by atoms with Crippen LogP contribution in [0.1, 0.15) is 29.8 Å². The van der Waals surface area contributed by atoms with E-state index in [4.69, 9.17) is 0 Å². The first-order chi connectivity index (χ1) is 11.4. The lowest BCUT2D eigenvalue weighted by Gasteiger charge is -2.08. The zero-order valence-electron chi connectivity index (χ0n) is 14.1. The topological polar surface area (TPSA) is 102 Å². The van der Waals surface area contributed by atoms with E-state index in [1.54, 1.807) is 4.68 Å². The van der Waals surface area contributed by atoms with Crippen LogP contribution >= 0.6 is 0 Å². The van der Waals surface area contributed by atoms with Crippen LogP contribution in [-0.4, -0.2) is 46.7 Å². The number of aromatic nitrogens is 4. The first-order valence-corrected chi connectivity index (χ1v) is 9.52. The molecule has 130 valence electrons. The molecule has 0 radical (unpaired) electrons. The van der Waals surface area contributed by atoms with Gasteiger partial charge in [0.05, 0.1) is 10.9 Å². The van der Waals surface area contributed by atoms with Crippen LogP contribution in [0, 0.1) is 20.8 Å². The van der Waals surface area contributed by atoms with Gasteiger partial charge in [-0.3, -0.25) is 0 Å². The Hall–Kier alpha value is -2.00. The summed E-state index contributed by atoms with van der Waals surface area (Å²) in [6.45, 7) is 6.78. The summed E-state index contributed by atoms with van der Waals surface area (Å²) in [7, 11) is -3.13. The van der Waals surface area contributed by atoms with Crippen molar-refractivity contribution in [2.24, 2.45) is 0 Å². The van der Waals surface area contributed by atoms with Gasteiger partial charge in [0.25, 0.3) is 0 Å². The SMILES string of the molecule is Cc1nn(-c2ccc(NCCNS(=O)(=O)C3CC3)nn2)c(C)c1C. The van der Waals surface area contributed by atoms with Crippen LogP contribution in [-0.2, 0) is 10.0 Å². The summed E-state index contributed by atoms with van der Waals surface area (Å²) in [6, 6.07) is 3.64. The van der Waals surface area contributed by atoms with Crippen LogP contribution in [0.25, 0.3) is 5.82 Å². The number of rotatable bonds is 7. The van der Waals surface area contributed by atoms with Gasteiger partial charge in [0.2, 0.25) is 10.0 Å². The van der Waals surface area contributed by atoms with Crippen molar-refractivity contribution in [1.29, 1.82) is 0 Å². The Bertz CT molecular complexity index is 824. The molecule has 0 spiro atoms. The van der Waals surface area contributed by atoms with Gasteiger partial charge in [-0.05, 0) is 51.3 Å². The average Bonchev–Trinajstić information content (AvgIpc) is 3.38. The highest BCUT2D eigenvalue weighted by Crippen LogP contribution is 2.27. The normalized spacial score (nSPS) is 14.8. The largest absolute Gasteiger partial charge is 0.367 e. The number of hydrogen-bond donors (Lipinski definition) is 2. The summed E-state index contributed by atoms with van der Waals surface area (Å²) in [5.41, 5.74) is 3.15. The molecule has 1 saturated carbocycles. The lowest BCUT2D eigenvalue weighted by atomic mass is 10.2. The quantitative estimate of drug-likeness (QED) is 0.725. The standard InChI is InChI=1S/C15H22N6O2S/c1-10-11(2)20-21(12(10)3)15-7-6-14(18-19-15)16-8-9-17-24(22,23)13-4-5-13/h6-7,13,17H,4-5,8-9H2,1-3H3,(H,16,18). The first kappa shape index (κ1) is 16.8. The molecule has 1 fully saturated rings. The lowest BCUT2D eigenvalue weighted by molar-refractivity contribution is 0.581. The smallest absolute Gasteiger partial charge is 0.214 e. The van der Waals surface area contributed by atoms with Crippen molar-refractivity contribution < 1.29 is 8.42 Å². The van der Waals surface area contributed by atoms with Gasteiger partial charge in [-0.15, -0.1) is 10.2 Å². The van der Waals surface area contributed by atoms with Crippen molar-refractivity contribution in [2.45, 2.75) is 38.9 Å². The summed E-state index contributed by atoms with van der Waals surface area (Å²) in [6.07, 6.45) is 1.53. The summed E-state index contributed by atoms with van der Waals surface area (Å²) < 4.78 is 27.7. The van der Waals surface area contributed by atoms with Gasteiger partial charge in [0.1, 0.15) is 5.82 Å². The monoisotopic (exact) mass is 350 g/mol. The number of hydrogen-bond acceptors (Lipinski definition) is 6. The molecular weight excluding hydrogens is 328 g/mol. The number of aryl methyl sites for hydroxylation is 1. The summed E-state index contributed by atoms with van der Waals surface area (Å²) in [4.78, 5) is 0. The molecule has 2 heterocycles. The third-order valence-corrected chi connectivity index (χ3v) is 6.17. The van der Waals surface area contributed by atoms with E-state index < -0.39 is 10.0 Å². The minimum Gasteiger partial charge on any atom is -0.367 e. The van der Waals surface area contributed by atoms with Gasteiger partial charge in [0, 0.05) is 18.8 Å². The van der Waals surface area contributed by atoms with Crippen LogP contribution in [0.4, 0.5) is 5.82 Å². The Morgan fingerprint density at radius 2 is 1.92 bits per heavy atom. The molecule has 0 aromatic carbocycles. The highest BCUT2D eigenvalue weighted by atomic mass is 32.2. The van der Waals surface area contributed by atoms with Crippen LogP contribution in [0.3, 0.4) is 0 Å². The highest BCUT2D eigenvalue weighted by molar-refractivity contribution is 7.90. The van der Waals surface area contributed by atoms with Crippen molar-refractivity contribution in [1.82, 2.24) is 24.7 Å². The molecular formula is C15H22N6O2S. The fraction of sp³-hybridized carbons (Fsp3) is 0.533. The molecule has 3 rings (SSSR count). The summed E-state index contributed by atoms with van der Waals surface area (Å²) >= 11 is 0. The van der Waals surface area contributed by atoms with Crippen molar-refractivity contribution in [2.75, 3.05) is 18.4 Å². The zero-order valence-corrected chi connectivity index (χ0v) is 14.9. The maximum atomic E-state index is 11.7. The first-order valence-electron chi connectivity index (χ1n) is 7.98. The van der Waals surface area contributed by atoms with Gasteiger partial charge in [0.15, 0.2) is 5.82 Å². The third-order valence-electron chi connectivity index (χ3n) is 4.22. The van der Waals surface area contributed by atoms with E-state index in [0.29, 0.717) is 24.7 Å². The van der Waals surface area contributed by atoms with E-state index in [1.165, 1.54) is 0 Å². The van der Waals surface area contributed by atoms with Crippen molar-refractivity contribution in [3.05, 3.63) is 29.1 Å². The zero-order chi connectivity index (χ0) is 17.3. The molecule has 2 aromatic heterocycles. The predicted molar refractivity (Wildman–Crippen MR) is 91.8 cm³/mol. The van der Waals surface area contributed by atoms with Gasteiger partial charge < -0.3 is 5.32 Å². The summed E-state index contributed by atoms with van der Waals surface area (Å²) in [5.74, 6) is 1.26. The molecule has 0 aliphatic heterocycles. The number of anilines is 1. The Kier molecular flexibility index (Phi) is 4.55. The van der Waals surface area contributed by atoms with E-state index in [9.17, 15) is 8.42 Å². The van der Waals surface area contributed by atoms with Crippen LogP contribution < -0.4 is 10.0 Å². The molecule has 0 unspecified atom stereocenters. The lowest BCUT2D eigenvalue weighted by Crippen LogP contribution is -2.31. The third kappa shape index (κ3) is 3.57. The fourth-order valence-electron chi connectivity index (χ4n) is 2.36.